The van der Waals surface area contributed by atoms with Gasteiger partial charge in [-0.05, 0) is 31.0 Å². The molecule has 0 N–H and O–H groups in total. The minimum atomic E-state index is -0.356. The van der Waals surface area contributed by atoms with E-state index in [-0.39, 0.29) is 17.9 Å². The number of carbonyl (C=O) groups is 1. The zero-order valence-electron chi connectivity index (χ0n) is 14.4. The molecule has 1 fully saturated rings. The summed E-state index contributed by atoms with van der Waals surface area (Å²) in [6, 6.07) is 1.46. The number of amides is 1. The molecule has 24 heavy (non-hydrogen) atoms. The van der Waals surface area contributed by atoms with Gasteiger partial charge in [-0.1, -0.05) is 19.0 Å². The van der Waals surface area contributed by atoms with E-state index in [1.807, 2.05) is 33.8 Å². The molecular formula is C17H22N4O3. The van der Waals surface area contributed by atoms with Crippen LogP contribution in [-0.4, -0.2) is 45.7 Å². The highest BCUT2D eigenvalue weighted by atomic mass is 16.5. The Morgan fingerprint density at radius 3 is 2.79 bits per heavy atom. The van der Waals surface area contributed by atoms with Gasteiger partial charge in [0.1, 0.15) is 11.7 Å². The second-order valence-electron chi connectivity index (χ2n) is 6.39. The SMILES string of the molecule is Cc1cnc(C(=O)N2CCOCC2c2noc(C(C)C)n2)cc1C. The molecule has 1 aliphatic rings. The van der Waals surface area contributed by atoms with E-state index >= 15 is 0 Å². The van der Waals surface area contributed by atoms with Gasteiger partial charge >= 0.3 is 0 Å². The Bertz CT molecular complexity index is 741. The highest BCUT2D eigenvalue weighted by molar-refractivity contribution is 5.92. The molecule has 7 heteroatoms. The Kier molecular flexibility index (Phi) is 4.62. The molecule has 0 spiro atoms. The summed E-state index contributed by atoms with van der Waals surface area (Å²) in [5.41, 5.74) is 2.53. The lowest BCUT2D eigenvalue weighted by molar-refractivity contribution is -0.00607. The highest BCUT2D eigenvalue weighted by Gasteiger charge is 2.33. The molecule has 2 aromatic heterocycles. The first-order chi connectivity index (χ1) is 11.5. The van der Waals surface area contributed by atoms with Crippen LogP contribution in [0.15, 0.2) is 16.8 Å². The summed E-state index contributed by atoms with van der Waals surface area (Å²) in [7, 11) is 0. The topological polar surface area (TPSA) is 81.4 Å². The van der Waals surface area contributed by atoms with Crippen LogP contribution in [-0.2, 0) is 4.74 Å². The fourth-order valence-corrected chi connectivity index (χ4v) is 2.57. The van der Waals surface area contributed by atoms with Crippen molar-refractivity contribution in [2.75, 3.05) is 19.8 Å². The van der Waals surface area contributed by atoms with Gasteiger partial charge in [-0.3, -0.25) is 9.78 Å². The number of rotatable bonds is 3. The molecule has 1 unspecified atom stereocenters. The van der Waals surface area contributed by atoms with Crippen LogP contribution in [0, 0.1) is 13.8 Å². The quantitative estimate of drug-likeness (QED) is 0.859. The van der Waals surface area contributed by atoms with Gasteiger partial charge in [0.05, 0.1) is 13.2 Å². The summed E-state index contributed by atoms with van der Waals surface area (Å²) in [4.78, 5) is 23.3. The van der Waals surface area contributed by atoms with Crippen LogP contribution in [0.2, 0.25) is 0 Å². The van der Waals surface area contributed by atoms with Crippen molar-refractivity contribution >= 4 is 5.91 Å². The molecule has 1 amide bonds. The molecular weight excluding hydrogens is 308 g/mol. The van der Waals surface area contributed by atoms with Crippen molar-refractivity contribution in [2.45, 2.75) is 39.7 Å². The number of aryl methyl sites for hydroxylation is 2. The van der Waals surface area contributed by atoms with Crippen molar-refractivity contribution in [3.63, 3.8) is 0 Å². The maximum atomic E-state index is 12.9. The van der Waals surface area contributed by atoms with Crippen molar-refractivity contribution in [3.05, 3.63) is 40.8 Å². The lowest BCUT2D eigenvalue weighted by Gasteiger charge is -2.33. The number of morpholine rings is 1. The molecule has 0 saturated carbocycles. The third-order valence-corrected chi connectivity index (χ3v) is 4.23. The smallest absolute Gasteiger partial charge is 0.273 e. The Labute approximate surface area is 141 Å². The maximum absolute atomic E-state index is 12.9. The van der Waals surface area contributed by atoms with Crippen molar-refractivity contribution in [3.8, 4) is 0 Å². The maximum Gasteiger partial charge on any atom is 0.273 e. The molecule has 2 aromatic rings. The Morgan fingerprint density at radius 2 is 2.12 bits per heavy atom. The van der Waals surface area contributed by atoms with E-state index in [2.05, 4.69) is 15.1 Å². The van der Waals surface area contributed by atoms with Gasteiger partial charge in [-0.15, -0.1) is 0 Å². The molecule has 128 valence electrons. The minimum absolute atomic E-state index is 0.137. The van der Waals surface area contributed by atoms with Crippen molar-refractivity contribution in [1.82, 2.24) is 20.0 Å². The van der Waals surface area contributed by atoms with Crippen molar-refractivity contribution in [1.29, 1.82) is 0 Å². The monoisotopic (exact) mass is 330 g/mol. The predicted octanol–water partition coefficient (Wildman–Crippen LogP) is 2.42. The molecule has 0 bridgehead atoms. The summed E-state index contributed by atoms with van der Waals surface area (Å²) in [6.07, 6.45) is 1.73. The second-order valence-corrected chi connectivity index (χ2v) is 6.39. The number of carbonyl (C=O) groups excluding carboxylic acids is 1. The van der Waals surface area contributed by atoms with Gasteiger partial charge in [0.15, 0.2) is 5.82 Å². The predicted molar refractivity (Wildman–Crippen MR) is 86.7 cm³/mol. The molecule has 1 aliphatic heterocycles. The van der Waals surface area contributed by atoms with Crippen LogP contribution in [0.1, 0.15) is 59.1 Å². The number of aromatic nitrogens is 3. The first-order valence-electron chi connectivity index (χ1n) is 8.13. The second kappa shape index (κ2) is 6.68. The first-order valence-corrected chi connectivity index (χ1v) is 8.13. The Hall–Kier alpha value is -2.28. The molecule has 1 atom stereocenters. The summed E-state index contributed by atoms with van der Waals surface area (Å²) < 4.78 is 10.8. The van der Waals surface area contributed by atoms with Gasteiger partial charge in [-0.2, -0.15) is 4.98 Å². The van der Waals surface area contributed by atoms with Crippen LogP contribution < -0.4 is 0 Å². The van der Waals surface area contributed by atoms with E-state index in [0.717, 1.165) is 11.1 Å². The standard InChI is InChI=1S/C17H22N4O3/c1-10(2)16-19-15(20-24-16)14-9-23-6-5-21(14)17(22)13-7-11(3)12(4)8-18-13/h7-8,10,14H,5-6,9H2,1-4H3. The summed E-state index contributed by atoms with van der Waals surface area (Å²) >= 11 is 0. The fourth-order valence-electron chi connectivity index (χ4n) is 2.57. The number of nitrogens with zero attached hydrogens (tertiary/aromatic N) is 4. The number of hydrogen-bond acceptors (Lipinski definition) is 6. The van der Waals surface area contributed by atoms with Crippen LogP contribution in [0.4, 0.5) is 0 Å². The van der Waals surface area contributed by atoms with Crippen LogP contribution in [0.5, 0.6) is 0 Å². The lowest BCUT2D eigenvalue weighted by atomic mass is 10.1. The Morgan fingerprint density at radius 1 is 1.33 bits per heavy atom. The largest absolute Gasteiger partial charge is 0.377 e. The fraction of sp³-hybridized carbons (Fsp3) is 0.529. The average Bonchev–Trinajstić information content (AvgIpc) is 3.07. The van der Waals surface area contributed by atoms with Gasteiger partial charge in [0, 0.05) is 18.7 Å². The van der Waals surface area contributed by atoms with E-state index in [1.165, 1.54) is 0 Å². The van der Waals surface area contributed by atoms with E-state index in [1.54, 1.807) is 11.1 Å². The van der Waals surface area contributed by atoms with E-state index in [4.69, 9.17) is 9.26 Å². The van der Waals surface area contributed by atoms with Crippen molar-refractivity contribution < 1.29 is 14.1 Å². The van der Waals surface area contributed by atoms with Gasteiger partial charge in [0.25, 0.3) is 5.91 Å². The van der Waals surface area contributed by atoms with E-state index in [0.29, 0.717) is 37.2 Å². The summed E-state index contributed by atoms with van der Waals surface area (Å²) in [5.74, 6) is 1.05. The highest BCUT2D eigenvalue weighted by Crippen LogP contribution is 2.25. The molecule has 0 radical (unpaired) electrons. The molecule has 3 heterocycles. The van der Waals surface area contributed by atoms with Crippen LogP contribution >= 0.6 is 0 Å². The molecule has 0 aromatic carbocycles. The lowest BCUT2D eigenvalue weighted by Crippen LogP contribution is -2.44. The van der Waals surface area contributed by atoms with Gasteiger partial charge < -0.3 is 14.2 Å². The van der Waals surface area contributed by atoms with Crippen LogP contribution in [0.25, 0.3) is 0 Å². The molecule has 3 rings (SSSR count). The van der Waals surface area contributed by atoms with Gasteiger partial charge in [0.2, 0.25) is 5.89 Å². The third kappa shape index (κ3) is 3.17. The minimum Gasteiger partial charge on any atom is -0.377 e. The van der Waals surface area contributed by atoms with E-state index < -0.39 is 0 Å². The number of ether oxygens (including phenoxy) is 1. The number of hydrogen-bond donors (Lipinski definition) is 0. The van der Waals surface area contributed by atoms with Crippen molar-refractivity contribution in [2.24, 2.45) is 0 Å². The molecule has 1 saturated heterocycles. The summed E-state index contributed by atoms with van der Waals surface area (Å²) in [6.45, 7) is 9.23. The number of pyridine rings is 1. The first kappa shape index (κ1) is 16.6. The van der Waals surface area contributed by atoms with Crippen LogP contribution in [0.3, 0.4) is 0 Å². The zero-order chi connectivity index (χ0) is 17.3. The molecule has 0 aliphatic carbocycles. The zero-order valence-corrected chi connectivity index (χ0v) is 14.4. The summed E-state index contributed by atoms with van der Waals surface area (Å²) in [5, 5.41) is 4.04. The normalized spacial score (nSPS) is 18.2. The van der Waals surface area contributed by atoms with Gasteiger partial charge in [-0.25, -0.2) is 0 Å². The average molecular weight is 330 g/mol. The molecule has 7 nitrogen and oxygen atoms in total. The Balaban J connectivity index is 1.88. The van der Waals surface area contributed by atoms with E-state index in [9.17, 15) is 4.79 Å². The third-order valence-electron chi connectivity index (χ3n) is 4.23.